The summed E-state index contributed by atoms with van der Waals surface area (Å²) in [4.78, 5) is 3.51. The standard InChI is InChI=1S/C16H11F2N3/c1-19-15-11-6-4-3-5-10(11)9-12(16(17)18)14(15)13-7-8-20-21(13)2/h3-9,16H,2H3. The number of nitrogens with zero attached hydrogens (tertiary/aromatic N) is 3. The maximum absolute atomic E-state index is 13.5. The molecular weight excluding hydrogens is 272 g/mol. The molecule has 0 N–H and O–H groups in total. The zero-order chi connectivity index (χ0) is 15.0. The minimum absolute atomic E-state index is 0.136. The lowest BCUT2D eigenvalue weighted by atomic mass is 9.96. The number of benzene rings is 2. The summed E-state index contributed by atoms with van der Waals surface area (Å²) in [6.45, 7) is 7.43. The predicted molar refractivity (Wildman–Crippen MR) is 77.4 cm³/mol. The van der Waals surface area contributed by atoms with Gasteiger partial charge in [0, 0.05) is 24.4 Å². The van der Waals surface area contributed by atoms with Crippen LogP contribution in [0.25, 0.3) is 26.9 Å². The van der Waals surface area contributed by atoms with E-state index in [4.69, 9.17) is 6.57 Å². The number of hydrogen-bond donors (Lipinski definition) is 0. The summed E-state index contributed by atoms with van der Waals surface area (Å²) in [5.41, 5.74) is 0.885. The van der Waals surface area contributed by atoms with Crippen LogP contribution in [0.4, 0.5) is 14.5 Å². The molecule has 0 aliphatic carbocycles. The third-order valence-electron chi connectivity index (χ3n) is 3.48. The van der Waals surface area contributed by atoms with Gasteiger partial charge in [-0.1, -0.05) is 24.3 Å². The monoisotopic (exact) mass is 283 g/mol. The van der Waals surface area contributed by atoms with Crippen molar-refractivity contribution in [3.05, 3.63) is 59.6 Å². The Bertz CT molecular complexity index is 860. The van der Waals surface area contributed by atoms with Crippen LogP contribution >= 0.6 is 0 Å². The second kappa shape index (κ2) is 4.98. The van der Waals surface area contributed by atoms with Crippen LogP contribution in [0.1, 0.15) is 12.0 Å². The first-order valence-corrected chi connectivity index (χ1v) is 6.33. The second-order valence-corrected chi connectivity index (χ2v) is 4.66. The van der Waals surface area contributed by atoms with E-state index in [0.29, 0.717) is 16.5 Å². The van der Waals surface area contributed by atoms with Crippen molar-refractivity contribution in [2.45, 2.75) is 6.43 Å². The quantitative estimate of drug-likeness (QED) is 0.623. The molecule has 0 saturated heterocycles. The van der Waals surface area contributed by atoms with Gasteiger partial charge in [-0.2, -0.15) is 5.10 Å². The Morgan fingerprint density at radius 1 is 1.24 bits per heavy atom. The number of aryl methyl sites for hydroxylation is 1. The molecule has 0 aliphatic heterocycles. The summed E-state index contributed by atoms with van der Waals surface area (Å²) in [5.74, 6) is 0. The van der Waals surface area contributed by atoms with Gasteiger partial charge in [-0.05, 0) is 22.9 Å². The minimum atomic E-state index is -2.65. The smallest absolute Gasteiger partial charge is 0.263 e. The van der Waals surface area contributed by atoms with Gasteiger partial charge in [0.2, 0.25) is 5.69 Å². The van der Waals surface area contributed by atoms with Crippen molar-refractivity contribution in [3.63, 3.8) is 0 Å². The molecule has 1 aromatic heterocycles. The normalized spacial score (nSPS) is 11.0. The van der Waals surface area contributed by atoms with Gasteiger partial charge < -0.3 is 0 Å². The second-order valence-electron chi connectivity index (χ2n) is 4.66. The molecular formula is C16H11F2N3. The van der Waals surface area contributed by atoms with Crippen LogP contribution in [0, 0.1) is 6.57 Å². The first-order valence-electron chi connectivity index (χ1n) is 6.33. The predicted octanol–water partition coefficient (Wildman–Crippen LogP) is 4.73. The highest BCUT2D eigenvalue weighted by atomic mass is 19.3. The van der Waals surface area contributed by atoms with Crippen LogP contribution in [-0.2, 0) is 7.05 Å². The van der Waals surface area contributed by atoms with E-state index < -0.39 is 6.43 Å². The lowest BCUT2D eigenvalue weighted by Crippen LogP contribution is -1.98. The van der Waals surface area contributed by atoms with Crippen LogP contribution < -0.4 is 0 Å². The van der Waals surface area contributed by atoms with Crippen molar-refractivity contribution < 1.29 is 8.78 Å². The van der Waals surface area contributed by atoms with Crippen LogP contribution in [0.15, 0.2) is 42.6 Å². The van der Waals surface area contributed by atoms with Gasteiger partial charge in [0.25, 0.3) is 6.43 Å². The van der Waals surface area contributed by atoms with E-state index in [1.807, 2.05) is 0 Å². The Morgan fingerprint density at radius 3 is 2.62 bits per heavy atom. The number of aromatic nitrogens is 2. The molecule has 0 unspecified atom stereocenters. The van der Waals surface area contributed by atoms with E-state index in [1.54, 1.807) is 37.4 Å². The fourth-order valence-corrected chi connectivity index (χ4v) is 2.53. The lowest BCUT2D eigenvalue weighted by molar-refractivity contribution is 0.152. The molecule has 0 bridgehead atoms. The van der Waals surface area contributed by atoms with Gasteiger partial charge in [-0.25, -0.2) is 13.6 Å². The van der Waals surface area contributed by atoms with Gasteiger partial charge in [0.1, 0.15) is 0 Å². The van der Waals surface area contributed by atoms with Crippen molar-refractivity contribution in [1.29, 1.82) is 0 Å². The molecule has 104 valence electrons. The molecule has 3 rings (SSSR count). The zero-order valence-electron chi connectivity index (χ0n) is 11.2. The third-order valence-corrected chi connectivity index (χ3v) is 3.48. The highest BCUT2D eigenvalue weighted by Crippen LogP contribution is 2.43. The number of alkyl halides is 2. The van der Waals surface area contributed by atoms with Gasteiger partial charge in [0.05, 0.1) is 12.3 Å². The summed E-state index contributed by atoms with van der Waals surface area (Å²) in [6.07, 6.45) is -1.12. The summed E-state index contributed by atoms with van der Waals surface area (Å²) >= 11 is 0. The number of hydrogen-bond acceptors (Lipinski definition) is 1. The third kappa shape index (κ3) is 2.05. The molecule has 0 amide bonds. The number of rotatable bonds is 2. The molecule has 3 nitrogen and oxygen atoms in total. The van der Waals surface area contributed by atoms with Crippen molar-refractivity contribution in [2.75, 3.05) is 0 Å². The maximum atomic E-state index is 13.5. The average molecular weight is 283 g/mol. The van der Waals surface area contributed by atoms with E-state index in [-0.39, 0.29) is 16.8 Å². The molecule has 3 aromatic rings. The van der Waals surface area contributed by atoms with Crippen LogP contribution in [0.3, 0.4) is 0 Å². The van der Waals surface area contributed by atoms with Gasteiger partial charge in [0.15, 0.2) is 0 Å². The van der Waals surface area contributed by atoms with E-state index in [0.717, 1.165) is 0 Å². The maximum Gasteiger partial charge on any atom is 0.263 e. The number of halogens is 2. The molecule has 21 heavy (non-hydrogen) atoms. The minimum Gasteiger partial charge on any atom is -0.269 e. The number of fused-ring (bicyclic) bond motifs is 1. The summed E-state index contributed by atoms with van der Waals surface area (Å²) < 4.78 is 28.4. The Balaban J connectivity index is 2.49. The Morgan fingerprint density at radius 2 is 2.00 bits per heavy atom. The van der Waals surface area contributed by atoms with E-state index in [2.05, 4.69) is 9.94 Å². The Hall–Kier alpha value is -2.74. The van der Waals surface area contributed by atoms with Crippen molar-refractivity contribution in [2.24, 2.45) is 7.05 Å². The van der Waals surface area contributed by atoms with Crippen molar-refractivity contribution in [3.8, 4) is 11.3 Å². The molecule has 1 heterocycles. The van der Waals surface area contributed by atoms with Gasteiger partial charge in [-0.15, -0.1) is 0 Å². The first kappa shape index (κ1) is 13.3. The highest BCUT2D eigenvalue weighted by Gasteiger charge is 2.22. The summed E-state index contributed by atoms with van der Waals surface area (Å²) in [7, 11) is 1.67. The molecule has 0 radical (unpaired) electrons. The van der Waals surface area contributed by atoms with Crippen LogP contribution in [-0.4, -0.2) is 9.78 Å². The molecule has 0 atom stereocenters. The fourth-order valence-electron chi connectivity index (χ4n) is 2.53. The molecule has 5 heteroatoms. The van der Waals surface area contributed by atoms with Gasteiger partial charge in [-0.3, -0.25) is 4.68 Å². The average Bonchev–Trinajstić information content (AvgIpc) is 2.90. The first-order chi connectivity index (χ1) is 10.1. The largest absolute Gasteiger partial charge is 0.269 e. The van der Waals surface area contributed by atoms with Crippen LogP contribution in [0.5, 0.6) is 0 Å². The Kier molecular flexibility index (Phi) is 3.15. The summed E-state index contributed by atoms with van der Waals surface area (Å²) in [6, 6.07) is 10.2. The zero-order valence-corrected chi connectivity index (χ0v) is 11.2. The van der Waals surface area contributed by atoms with Crippen LogP contribution in [0.2, 0.25) is 0 Å². The Labute approximate surface area is 120 Å². The SMILES string of the molecule is [C-]#[N+]c1c(-c2ccnn2C)c(C(F)F)cc2ccccc12. The lowest BCUT2D eigenvalue weighted by Gasteiger charge is -2.14. The molecule has 2 aromatic carbocycles. The highest BCUT2D eigenvalue weighted by molar-refractivity contribution is 6.03. The molecule has 0 saturated carbocycles. The topological polar surface area (TPSA) is 22.2 Å². The van der Waals surface area contributed by atoms with E-state index in [9.17, 15) is 8.78 Å². The fraction of sp³-hybridized carbons (Fsp3) is 0.125. The summed E-state index contributed by atoms with van der Waals surface area (Å²) in [5, 5.41) is 5.34. The molecule has 0 spiro atoms. The molecule has 0 aliphatic rings. The van der Waals surface area contributed by atoms with Gasteiger partial charge >= 0.3 is 0 Å². The van der Waals surface area contributed by atoms with E-state index in [1.165, 1.54) is 16.9 Å². The van der Waals surface area contributed by atoms with Crippen molar-refractivity contribution in [1.82, 2.24) is 9.78 Å². The van der Waals surface area contributed by atoms with Crippen molar-refractivity contribution >= 4 is 16.5 Å². The van der Waals surface area contributed by atoms with E-state index >= 15 is 0 Å². The molecule has 0 fully saturated rings.